The minimum atomic E-state index is -0.756. The number of aryl methyl sites for hydroxylation is 2. The molecule has 1 heterocycles. The molecule has 0 amide bonds. The number of rotatable bonds is 4. The van der Waals surface area contributed by atoms with Gasteiger partial charge in [-0.1, -0.05) is 66.2 Å². The van der Waals surface area contributed by atoms with Crippen molar-refractivity contribution >= 4 is 11.0 Å². The molecule has 1 aromatic heterocycles. The van der Waals surface area contributed by atoms with Crippen molar-refractivity contribution < 1.29 is 5.11 Å². The highest BCUT2D eigenvalue weighted by molar-refractivity contribution is 5.76. The van der Waals surface area contributed by atoms with Crippen LogP contribution in [0.5, 0.6) is 0 Å². The zero-order valence-corrected chi connectivity index (χ0v) is 15.1. The molecule has 1 atom stereocenters. The third-order valence-electron chi connectivity index (χ3n) is 4.88. The molecule has 1 N–H and O–H groups in total. The molecular weight excluding hydrogens is 320 g/mol. The number of aromatic nitrogens is 2. The lowest BCUT2D eigenvalue weighted by Gasteiger charge is -2.16. The SMILES string of the molecule is Cc1ccc(C)c(Cn2c(C(O)c3ccccc3)nc3ccccc32)c1. The lowest BCUT2D eigenvalue weighted by Crippen LogP contribution is -2.11. The van der Waals surface area contributed by atoms with E-state index in [-0.39, 0.29) is 0 Å². The first-order valence-electron chi connectivity index (χ1n) is 8.88. The van der Waals surface area contributed by atoms with E-state index in [4.69, 9.17) is 4.98 Å². The first-order valence-corrected chi connectivity index (χ1v) is 8.88. The van der Waals surface area contributed by atoms with Crippen LogP contribution in [-0.4, -0.2) is 14.7 Å². The maximum Gasteiger partial charge on any atom is 0.143 e. The fourth-order valence-corrected chi connectivity index (χ4v) is 3.39. The predicted molar refractivity (Wildman–Crippen MR) is 105 cm³/mol. The van der Waals surface area contributed by atoms with Gasteiger partial charge in [0.25, 0.3) is 0 Å². The molecule has 3 nitrogen and oxygen atoms in total. The highest BCUT2D eigenvalue weighted by atomic mass is 16.3. The molecule has 26 heavy (non-hydrogen) atoms. The summed E-state index contributed by atoms with van der Waals surface area (Å²) in [7, 11) is 0. The van der Waals surface area contributed by atoms with E-state index in [0.29, 0.717) is 12.4 Å². The summed E-state index contributed by atoms with van der Waals surface area (Å²) in [6.45, 7) is 4.92. The second-order valence-corrected chi connectivity index (χ2v) is 6.79. The number of fused-ring (bicyclic) bond motifs is 1. The summed E-state index contributed by atoms with van der Waals surface area (Å²) in [4.78, 5) is 4.75. The maximum absolute atomic E-state index is 11.0. The minimum Gasteiger partial charge on any atom is -0.380 e. The second kappa shape index (κ2) is 6.77. The Bertz CT molecular complexity index is 1050. The fraction of sp³-hybridized carbons (Fsp3) is 0.174. The molecule has 4 rings (SSSR count). The predicted octanol–water partition coefficient (Wildman–Crippen LogP) is 4.78. The van der Waals surface area contributed by atoms with Crippen LogP contribution >= 0.6 is 0 Å². The quantitative estimate of drug-likeness (QED) is 0.579. The molecule has 0 saturated heterocycles. The van der Waals surface area contributed by atoms with Crippen LogP contribution in [0.2, 0.25) is 0 Å². The van der Waals surface area contributed by atoms with Crippen molar-refractivity contribution in [2.24, 2.45) is 0 Å². The molecule has 3 aromatic carbocycles. The average molecular weight is 342 g/mol. The molecule has 0 saturated carbocycles. The Hall–Kier alpha value is -2.91. The Morgan fingerprint density at radius 2 is 1.65 bits per heavy atom. The van der Waals surface area contributed by atoms with Crippen molar-refractivity contribution in [3.63, 3.8) is 0 Å². The van der Waals surface area contributed by atoms with Crippen LogP contribution in [0.3, 0.4) is 0 Å². The van der Waals surface area contributed by atoms with Crippen LogP contribution in [0.25, 0.3) is 11.0 Å². The van der Waals surface area contributed by atoms with Crippen molar-refractivity contribution in [1.82, 2.24) is 9.55 Å². The Morgan fingerprint density at radius 3 is 2.46 bits per heavy atom. The molecule has 0 bridgehead atoms. The van der Waals surface area contributed by atoms with E-state index in [0.717, 1.165) is 16.6 Å². The molecule has 0 spiro atoms. The number of aliphatic hydroxyl groups excluding tert-OH is 1. The number of aliphatic hydroxyl groups is 1. The third-order valence-corrected chi connectivity index (χ3v) is 4.88. The van der Waals surface area contributed by atoms with E-state index in [2.05, 4.69) is 42.7 Å². The average Bonchev–Trinajstić information content (AvgIpc) is 3.03. The molecule has 130 valence electrons. The third kappa shape index (κ3) is 3.02. The summed E-state index contributed by atoms with van der Waals surface area (Å²) < 4.78 is 2.13. The van der Waals surface area contributed by atoms with Gasteiger partial charge in [0, 0.05) is 6.54 Å². The summed E-state index contributed by atoms with van der Waals surface area (Å²) in [5, 5.41) is 11.0. The summed E-state index contributed by atoms with van der Waals surface area (Å²) in [5.41, 5.74) is 6.52. The number of para-hydroxylation sites is 2. The molecule has 0 fully saturated rings. The summed E-state index contributed by atoms with van der Waals surface area (Å²) in [6.07, 6.45) is -0.756. The molecule has 0 aliphatic heterocycles. The minimum absolute atomic E-state index is 0.679. The Morgan fingerprint density at radius 1 is 0.923 bits per heavy atom. The van der Waals surface area contributed by atoms with Crippen LogP contribution in [0.4, 0.5) is 0 Å². The molecular formula is C23H22N2O. The topological polar surface area (TPSA) is 38.0 Å². The van der Waals surface area contributed by atoms with Gasteiger partial charge in [0.05, 0.1) is 11.0 Å². The fourth-order valence-electron chi connectivity index (χ4n) is 3.39. The van der Waals surface area contributed by atoms with Gasteiger partial charge in [-0.25, -0.2) is 4.98 Å². The molecule has 0 aliphatic carbocycles. The maximum atomic E-state index is 11.0. The van der Waals surface area contributed by atoms with E-state index in [1.807, 2.05) is 48.5 Å². The lowest BCUT2D eigenvalue weighted by atomic mass is 10.0. The Labute approximate surface area is 153 Å². The molecule has 1 unspecified atom stereocenters. The van der Waals surface area contributed by atoms with Crippen molar-refractivity contribution in [3.05, 3.63) is 101 Å². The molecule has 4 aromatic rings. The normalized spacial score (nSPS) is 12.4. The zero-order chi connectivity index (χ0) is 18.1. The monoisotopic (exact) mass is 342 g/mol. The van der Waals surface area contributed by atoms with Gasteiger partial charge in [-0.2, -0.15) is 0 Å². The van der Waals surface area contributed by atoms with E-state index < -0.39 is 6.10 Å². The van der Waals surface area contributed by atoms with Gasteiger partial charge in [0.15, 0.2) is 0 Å². The Balaban J connectivity index is 1.86. The summed E-state index contributed by atoms with van der Waals surface area (Å²) in [5.74, 6) is 0.679. The first kappa shape index (κ1) is 16.6. The van der Waals surface area contributed by atoms with Gasteiger partial charge < -0.3 is 9.67 Å². The summed E-state index contributed by atoms with van der Waals surface area (Å²) >= 11 is 0. The van der Waals surface area contributed by atoms with E-state index in [1.54, 1.807) is 0 Å². The highest BCUT2D eigenvalue weighted by Gasteiger charge is 2.20. The van der Waals surface area contributed by atoms with Crippen LogP contribution in [0.1, 0.15) is 34.2 Å². The summed E-state index contributed by atoms with van der Waals surface area (Å²) in [6, 6.07) is 24.3. The van der Waals surface area contributed by atoms with Crippen LogP contribution in [0, 0.1) is 13.8 Å². The standard InChI is InChI=1S/C23H22N2O/c1-16-12-13-17(2)19(14-16)15-25-21-11-7-6-10-20(21)24-23(25)22(26)18-8-4-3-5-9-18/h3-14,22,26H,15H2,1-2H3. The zero-order valence-electron chi connectivity index (χ0n) is 15.1. The highest BCUT2D eigenvalue weighted by Crippen LogP contribution is 2.27. The molecule has 0 radical (unpaired) electrons. The van der Waals surface area contributed by atoms with Crippen LogP contribution < -0.4 is 0 Å². The van der Waals surface area contributed by atoms with Gasteiger partial charge in [-0.15, -0.1) is 0 Å². The van der Waals surface area contributed by atoms with Gasteiger partial charge in [0.2, 0.25) is 0 Å². The second-order valence-electron chi connectivity index (χ2n) is 6.79. The van der Waals surface area contributed by atoms with Crippen molar-refractivity contribution in [2.75, 3.05) is 0 Å². The molecule has 0 aliphatic rings. The van der Waals surface area contributed by atoms with E-state index >= 15 is 0 Å². The van der Waals surface area contributed by atoms with Gasteiger partial charge in [0.1, 0.15) is 11.9 Å². The number of benzene rings is 3. The number of hydrogen-bond donors (Lipinski definition) is 1. The van der Waals surface area contributed by atoms with Crippen LogP contribution in [-0.2, 0) is 6.54 Å². The largest absolute Gasteiger partial charge is 0.380 e. The van der Waals surface area contributed by atoms with E-state index in [9.17, 15) is 5.11 Å². The van der Waals surface area contributed by atoms with Crippen molar-refractivity contribution in [2.45, 2.75) is 26.5 Å². The Kier molecular flexibility index (Phi) is 4.31. The van der Waals surface area contributed by atoms with Gasteiger partial charge in [-0.05, 0) is 42.7 Å². The lowest BCUT2D eigenvalue weighted by molar-refractivity contribution is 0.206. The van der Waals surface area contributed by atoms with Gasteiger partial charge >= 0.3 is 0 Å². The molecule has 3 heteroatoms. The van der Waals surface area contributed by atoms with Gasteiger partial charge in [-0.3, -0.25) is 0 Å². The number of imidazole rings is 1. The van der Waals surface area contributed by atoms with Crippen molar-refractivity contribution in [1.29, 1.82) is 0 Å². The smallest absolute Gasteiger partial charge is 0.143 e. The number of hydrogen-bond acceptors (Lipinski definition) is 2. The first-order chi connectivity index (χ1) is 12.6. The van der Waals surface area contributed by atoms with E-state index in [1.165, 1.54) is 16.7 Å². The van der Waals surface area contributed by atoms with Crippen molar-refractivity contribution in [3.8, 4) is 0 Å². The van der Waals surface area contributed by atoms with Crippen LogP contribution in [0.15, 0.2) is 72.8 Å². The number of nitrogens with zero attached hydrogens (tertiary/aromatic N) is 2.